The predicted octanol–water partition coefficient (Wildman–Crippen LogP) is 5.57. The van der Waals surface area contributed by atoms with Gasteiger partial charge >= 0.3 is 0 Å². The predicted molar refractivity (Wildman–Crippen MR) is 131 cm³/mol. The highest BCUT2D eigenvalue weighted by Gasteiger charge is 2.38. The molecule has 0 spiro atoms. The Balaban J connectivity index is 1.08. The van der Waals surface area contributed by atoms with Crippen molar-refractivity contribution in [1.29, 1.82) is 0 Å². The van der Waals surface area contributed by atoms with E-state index in [0.29, 0.717) is 28.7 Å². The fourth-order valence-electron chi connectivity index (χ4n) is 5.51. The molecule has 2 aromatic carbocycles. The number of fused-ring (bicyclic) bond motifs is 1. The minimum absolute atomic E-state index is 0.0305. The first-order chi connectivity index (χ1) is 16.4. The number of aliphatic hydroxyl groups is 1. The third-order valence-corrected chi connectivity index (χ3v) is 8.10. The minimum atomic E-state index is -0.752. The van der Waals surface area contributed by atoms with Crippen LogP contribution in [0.3, 0.4) is 0 Å². The number of likely N-dealkylation sites (tertiary alicyclic amines) is 1. The summed E-state index contributed by atoms with van der Waals surface area (Å²) < 4.78 is 5.89. The van der Waals surface area contributed by atoms with Crippen molar-refractivity contribution in [2.45, 2.75) is 56.7 Å². The van der Waals surface area contributed by atoms with Gasteiger partial charge in [0.1, 0.15) is 5.75 Å². The number of carbonyl (C=O) groups excluding carboxylic acids is 2. The lowest BCUT2D eigenvalue weighted by Gasteiger charge is -2.42. The van der Waals surface area contributed by atoms with Gasteiger partial charge in [-0.3, -0.25) is 9.59 Å². The van der Waals surface area contributed by atoms with Crippen molar-refractivity contribution in [3.63, 3.8) is 0 Å². The van der Waals surface area contributed by atoms with Gasteiger partial charge in [-0.2, -0.15) is 0 Å². The van der Waals surface area contributed by atoms with Gasteiger partial charge in [0.25, 0.3) is 0 Å². The average molecular weight is 502 g/mol. The lowest BCUT2D eigenvalue weighted by molar-refractivity contribution is -0.141. The maximum absolute atomic E-state index is 12.9. The zero-order valence-electron chi connectivity index (χ0n) is 19.0. The molecule has 0 radical (unpaired) electrons. The van der Waals surface area contributed by atoms with Crippen LogP contribution < -0.4 is 4.74 Å². The molecule has 0 aromatic heterocycles. The molecule has 2 aromatic rings. The second kappa shape index (κ2) is 9.88. The maximum atomic E-state index is 12.9. The number of halogens is 2. The molecule has 1 N–H and O–H groups in total. The minimum Gasteiger partial charge on any atom is -0.482 e. The van der Waals surface area contributed by atoms with Gasteiger partial charge in [0, 0.05) is 53.4 Å². The van der Waals surface area contributed by atoms with E-state index in [1.54, 1.807) is 18.2 Å². The molecular formula is C27H29Cl2NO4. The molecule has 2 aliphatic heterocycles. The standard InChI is InChI=1S/C27H29Cl2NO4/c28-20-7-5-17(6-8-20)19-14-30(15-19)27(33)18-3-1-16(2-4-18)11-24(32)26-13-23(31)22-12-21(29)9-10-25(22)34-26/h5-10,12,16,18-19,23,26,31H,1-4,11,13-15H2/t16?,18?,23-,26-/m1/s1. The van der Waals surface area contributed by atoms with Crippen LogP contribution in [-0.4, -0.2) is 40.9 Å². The number of aliphatic hydroxyl groups excluding tert-OH is 1. The zero-order valence-corrected chi connectivity index (χ0v) is 20.5. The summed E-state index contributed by atoms with van der Waals surface area (Å²) in [6, 6.07) is 13.0. The average Bonchev–Trinajstić information content (AvgIpc) is 2.80. The Labute approximate surface area is 210 Å². The van der Waals surface area contributed by atoms with E-state index in [0.717, 1.165) is 43.8 Å². The lowest BCUT2D eigenvalue weighted by Crippen LogP contribution is -2.51. The summed E-state index contributed by atoms with van der Waals surface area (Å²) in [5.41, 5.74) is 1.87. The Morgan fingerprint density at radius 2 is 1.65 bits per heavy atom. The number of hydrogen-bond acceptors (Lipinski definition) is 4. The van der Waals surface area contributed by atoms with Gasteiger partial charge in [0.15, 0.2) is 11.9 Å². The largest absolute Gasteiger partial charge is 0.482 e. The van der Waals surface area contributed by atoms with Crippen LogP contribution in [0.1, 0.15) is 61.7 Å². The van der Waals surface area contributed by atoms with Crippen molar-refractivity contribution in [1.82, 2.24) is 4.90 Å². The Bertz CT molecular complexity index is 1060. The van der Waals surface area contributed by atoms with Crippen molar-refractivity contribution in [3.05, 3.63) is 63.6 Å². The van der Waals surface area contributed by atoms with Crippen LogP contribution in [0.4, 0.5) is 0 Å². The summed E-state index contributed by atoms with van der Waals surface area (Å²) in [6.07, 6.45) is 2.71. The van der Waals surface area contributed by atoms with Gasteiger partial charge in [-0.25, -0.2) is 0 Å². The molecule has 2 atom stereocenters. The Kier molecular flexibility index (Phi) is 6.88. The Morgan fingerprint density at radius 3 is 2.35 bits per heavy atom. The van der Waals surface area contributed by atoms with E-state index in [1.165, 1.54) is 5.56 Å². The number of carbonyl (C=O) groups is 2. The number of rotatable bonds is 5. The molecule has 2 heterocycles. The van der Waals surface area contributed by atoms with Crippen LogP contribution >= 0.6 is 23.2 Å². The van der Waals surface area contributed by atoms with E-state index >= 15 is 0 Å². The van der Waals surface area contributed by atoms with Crippen molar-refractivity contribution in [3.8, 4) is 5.75 Å². The molecule has 180 valence electrons. The molecule has 1 amide bonds. The van der Waals surface area contributed by atoms with Crippen LogP contribution in [-0.2, 0) is 9.59 Å². The molecule has 0 unspecified atom stereocenters. The summed E-state index contributed by atoms with van der Waals surface area (Å²) in [7, 11) is 0. The van der Waals surface area contributed by atoms with E-state index in [2.05, 4.69) is 0 Å². The van der Waals surface area contributed by atoms with Gasteiger partial charge in [-0.15, -0.1) is 0 Å². The molecule has 5 nitrogen and oxygen atoms in total. The van der Waals surface area contributed by atoms with E-state index < -0.39 is 12.2 Å². The summed E-state index contributed by atoms with van der Waals surface area (Å²) in [4.78, 5) is 27.8. The van der Waals surface area contributed by atoms with E-state index in [-0.39, 0.29) is 29.9 Å². The Morgan fingerprint density at radius 1 is 0.971 bits per heavy atom. The van der Waals surface area contributed by atoms with Gasteiger partial charge in [0.05, 0.1) is 6.10 Å². The summed E-state index contributed by atoms with van der Waals surface area (Å²) >= 11 is 12.0. The second-order valence-corrected chi connectivity index (χ2v) is 10.8. The molecule has 1 aliphatic carbocycles. The number of ketones is 1. The van der Waals surface area contributed by atoms with Crippen LogP contribution in [0.5, 0.6) is 5.75 Å². The SMILES string of the molecule is O=C(CC1CCC(C(=O)N2CC(c3ccc(Cl)cc3)C2)CC1)[C@H]1C[C@@H](O)c2cc(Cl)ccc2O1. The number of Topliss-reactive ketones (excluding diaryl/α,β-unsaturated/α-hetero) is 1. The van der Waals surface area contributed by atoms with E-state index in [4.69, 9.17) is 27.9 Å². The third-order valence-electron chi connectivity index (χ3n) is 7.62. The van der Waals surface area contributed by atoms with Crippen molar-refractivity contribution in [2.75, 3.05) is 13.1 Å². The number of nitrogens with zero attached hydrogens (tertiary/aromatic N) is 1. The third kappa shape index (κ3) is 4.98. The van der Waals surface area contributed by atoms with Crippen molar-refractivity contribution < 1.29 is 19.4 Å². The highest BCUT2D eigenvalue weighted by molar-refractivity contribution is 6.30. The summed E-state index contributed by atoms with van der Waals surface area (Å²) in [6.45, 7) is 1.54. The van der Waals surface area contributed by atoms with Gasteiger partial charge < -0.3 is 14.7 Å². The first-order valence-electron chi connectivity index (χ1n) is 12.1. The highest BCUT2D eigenvalue weighted by Crippen LogP contribution is 2.39. The number of benzene rings is 2. The van der Waals surface area contributed by atoms with Crippen LogP contribution in [0, 0.1) is 11.8 Å². The molecule has 0 bridgehead atoms. The maximum Gasteiger partial charge on any atom is 0.225 e. The molecule has 1 saturated carbocycles. The zero-order chi connectivity index (χ0) is 23.8. The monoisotopic (exact) mass is 501 g/mol. The second-order valence-electron chi connectivity index (χ2n) is 9.92. The first kappa shape index (κ1) is 23.7. The van der Waals surface area contributed by atoms with Crippen LogP contribution in [0.25, 0.3) is 0 Å². The van der Waals surface area contributed by atoms with Crippen LogP contribution in [0.15, 0.2) is 42.5 Å². The quantitative estimate of drug-likeness (QED) is 0.581. The van der Waals surface area contributed by atoms with Crippen molar-refractivity contribution in [2.24, 2.45) is 11.8 Å². The molecule has 2 fully saturated rings. The van der Waals surface area contributed by atoms with Gasteiger partial charge in [-0.05, 0) is 67.5 Å². The number of amides is 1. The lowest BCUT2D eigenvalue weighted by atomic mass is 9.77. The molecule has 34 heavy (non-hydrogen) atoms. The fraction of sp³-hybridized carbons (Fsp3) is 0.481. The van der Waals surface area contributed by atoms with E-state index in [9.17, 15) is 14.7 Å². The molecule has 3 aliphatic rings. The van der Waals surface area contributed by atoms with Gasteiger partial charge in [0.2, 0.25) is 5.91 Å². The smallest absolute Gasteiger partial charge is 0.225 e. The fourth-order valence-corrected chi connectivity index (χ4v) is 5.81. The van der Waals surface area contributed by atoms with Gasteiger partial charge in [-0.1, -0.05) is 35.3 Å². The number of ether oxygens (including phenoxy) is 1. The highest BCUT2D eigenvalue weighted by atomic mass is 35.5. The Hall–Kier alpha value is -2.08. The van der Waals surface area contributed by atoms with Crippen molar-refractivity contribution >= 4 is 34.9 Å². The molecule has 5 rings (SSSR count). The summed E-state index contributed by atoms with van der Waals surface area (Å²) in [5.74, 6) is 1.53. The molecular weight excluding hydrogens is 473 g/mol. The normalized spacial score (nSPS) is 26.9. The number of hydrogen-bond donors (Lipinski definition) is 1. The van der Waals surface area contributed by atoms with E-state index in [1.807, 2.05) is 29.2 Å². The topological polar surface area (TPSA) is 66.8 Å². The first-order valence-corrected chi connectivity index (χ1v) is 12.8. The molecule has 1 saturated heterocycles. The summed E-state index contributed by atoms with van der Waals surface area (Å²) in [5, 5.41) is 11.7. The van der Waals surface area contributed by atoms with Crippen LogP contribution in [0.2, 0.25) is 10.0 Å². The molecule has 7 heteroatoms.